The molecule has 2 atom stereocenters. The van der Waals surface area contributed by atoms with Crippen molar-refractivity contribution in [3.05, 3.63) is 29.8 Å². The van der Waals surface area contributed by atoms with E-state index in [9.17, 15) is 4.79 Å². The summed E-state index contributed by atoms with van der Waals surface area (Å²) in [6, 6.07) is 7.84. The summed E-state index contributed by atoms with van der Waals surface area (Å²) in [5, 5.41) is 3.48. The molecule has 0 aromatic heterocycles. The average Bonchev–Trinajstić information content (AvgIpc) is 2.82. The van der Waals surface area contributed by atoms with Crippen LogP contribution in [-0.4, -0.2) is 42.5 Å². The van der Waals surface area contributed by atoms with Gasteiger partial charge in [0.1, 0.15) is 11.9 Å². The van der Waals surface area contributed by atoms with Gasteiger partial charge in [-0.3, -0.25) is 10.1 Å². The summed E-state index contributed by atoms with van der Waals surface area (Å²) in [6.07, 6.45) is 3.85. The summed E-state index contributed by atoms with van der Waals surface area (Å²) in [7, 11) is 1.67. The van der Waals surface area contributed by atoms with E-state index in [4.69, 9.17) is 4.74 Å². The zero-order valence-electron chi connectivity index (χ0n) is 13.0. The van der Waals surface area contributed by atoms with E-state index in [-0.39, 0.29) is 18.1 Å². The molecule has 2 unspecified atom stereocenters. The van der Waals surface area contributed by atoms with E-state index in [0.29, 0.717) is 0 Å². The number of hydrogen-bond donors (Lipinski definition) is 1. The molecule has 1 saturated heterocycles. The van der Waals surface area contributed by atoms with E-state index >= 15 is 0 Å². The third kappa shape index (κ3) is 3.52. The molecule has 0 aliphatic carbocycles. The molecule has 1 N–H and O–H groups in total. The number of thioether (sulfide) groups is 1. The highest BCUT2D eigenvalue weighted by Gasteiger charge is 2.39. The summed E-state index contributed by atoms with van der Waals surface area (Å²) in [5.41, 5.74) is 1.04. The van der Waals surface area contributed by atoms with Crippen LogP contribution in [0, 0.1) is 0 Å². The van der Waals surface area contributed by atoms with Crippen molar-refractivity contribution in [2.24, 2.45) is 0 Å². The highest BCUT2D eigenvalue weighted by molar-refractivity contribution is 7.98. The Morgan fingerprint density at radius 3 is 2.81 bits per heavy atom. The Morgan fingerprint density at radius 1 is 1.38 bits per heavy atom. The minimum Gasteiger partial charge on any atom is -0.496 e. The quantitative estimate of drug-likeness (QED) is 0.841. The van der Waals surface area contributed by atoms with Gasteiger partial charge in [0.05, 0.1) is 13.2 Å². The van der Waals surface area contributed by atoms with Gasteiger partial charge in [0.15, 0.2) is 0 Å². The van der Waals surface area contributed by atoms with E-state index in [1.54, 1.807) is 18.9 Å². The number of methoxy groups -OCH3 is 1. The number of ether oxygens (including phenoxy) is 1. The van der Waals surface area contributed by atoms with Crippen LogP contribution in [0.1, 0.15) is 31.5 Å². The first-order valence-corrected chi connectivity index (χ1v) is 8.80. The second-order valence-electron chi connectivity index (χ2n) is 5.18. The standard InChI is InChI=1S/C16H24N2O2S/c1-4-7-13-16(19)18(10-11-21-3)15(17-13)12-8-5-6-9-14(12)20-2/h5-6,8-9,13,15,17H,4,7,10-11H2,1-3H3. The number of nitrogens with one attached hydrogen (secondary N) is 1. The zero-order valence-corrected chi connectivity index (χ0v) is 13.8. The van der Waals surface area contributed by atoms with E-state index in [1.165, 1.54) is 0 Å². The number of rotatable bonds is 7. The van der Waals surface area contributed by atoms with Gasteiger partial charge in [0.2, 0.25) is 5.91 Å². The molecule has 0 radical (unpaired) electrons. The summed E-state index contributed by atoms with van der Waals surface area (Å²) in [6.45, 7) is 2.87. The predicted octanol–water partition coefficient (Wildman–Crippen LogP) is 2.66. The maximum Gasteiger partial charge on any atom is 0.241 e. The molecule has 21 heavy (non-hydrogen) atoms. The lowest BCUT2D eigenvalue weighted by Gasteiger charge is -2.25. The highest BCUT2D eigenvalue weighted by atomic mass is 32.2. The maximum absolute atomic E-state index is 12.6. The topological polar surface area (TPSA) is 41.6 Å². The van der Waals surface area contributed by atoms with Crippen molar-refractivity contribution in [3.63, 3.8) is 0 Å². The fraction of sp³-hybridized carbons (Fsp3) is 0.562. The van der Waals surface area contributed by atoms with Crippen molar-refractivity contribution in [1.82, 2.24) is 10.2 Å². The first-order valence-electron chi connectivity index (χ1n) is 7.41. The Balaban J connectivity index is 2.27. The van der Waals surface area contributed by atoms with Gasteiger partial charge in [-0.1, -0.05) is 31.5 Å². The molecular formula is C16H24N2O2S. The third-order valence-electron chi connectivity index (χ3n) is 3.80. The fourth-order valence-electron chi connectivity index (χ4n) is 2.75. The van der Waals surface area contributed by atoms with Crippen LogP contribution in [0.15, 0.2) is 24.3 Å². The largest absolute Gasteiger partial charge is 0.496 e. The number of nitrogens with zero attached hydrogens (tertiary/aromatic N) is 1. The van der Waals surface area contributed by atoms with Crippen LogP contribution >= 0.6 is 11.8 Å². The molecule has 5 heteroatoms. The number of para-hydroxylation sites is 1. The SMILES string of the molecule is CCCC1NC(c2ccccc2OC)N(CCSC)C1=O. The van der Waals surface area contributed by atoms with Crippen molar-refractivity contribution in [2.75, 3.05) is 25.7 Å². The van der Waals surface area contributed by atoms with Gasteiger partial charge in [0.25, 0.3) is 0 Å². The molecule has 2 rings (SSSR count). The van der Waals surface area contributed by atoms with E-state index < -0.39 is 0 Å². The Bertz CT molecular complexity index is 481. The molecule has 1 aromatic carbocycles. The van der Waals surface area contributed by atoms with Gasteiger partial charge in [0, 0.05) is 17.9 Å². The molecule has 0 spiro atoms. The first kappa shape index (κ1) is 16.2. The van der Waals surface area contributed by atoms with Gasteiger partial charge in [-0.15, -0.1) is 0 Å². The average molecular weight is 308 g/mol. The third-order valence-corrected chi connectivity index (χ3v) is 4.39. The van der Waals surface area contributed by atoms with Gasteiger partial charge in [-0.25, -0.2) is 0 Å². The van der Waals surface area contributed by atoms with E-state index in [0.717, 1.165) is 36.5 Å². The van der Waals surface area contributed by atoms with Crippen LogP contribution in [0.3, 0.4) is 0 Å². The van der Waals surface area contributed by atoms with Gasteiger partial charge in [-0.05, 0) is 18.7 Å². The van der Waals surface area contributed by atoms with Crippen molar-refractivity contribution >= 4 is 17.7 Å². The second kappa shape index (κ2) is 7.71. The molecule has 1 aliphatic heterocycles. The first-order chi connectivity index (χ1) is 10.2. The highest BCUT2D eigenvalue weighted by Crippen LogP contribution is 2.32. The molecule has 0 saturated carbocycles. The molecule has 116 valence electrons. The predicted molar refractivity (Wildman–Crippen MR) is 87.7 cm³/mol. The number of benzene rings is 1. The normalized spacial score (nSPS) is 21.9. The van der Waals surface area contributed by atoms with Crippen molar-refractivity contribution in [2.45, 2.75) is 32.0 Å². The Hall–Kier alpha value is -1.20. The molecule has 1 amide bonds. The van der Waals surface area contributed by atoms with Gasteiger partial charge >= 0.3 is 0 Å². The number of carbonyl (C=O) groups excluding carboxylic acids is 1. The van der Waals surface area contributed by atoms with Crippen LogP contribution in [0.5, 0.6) is 5.75 Å². The molecule has 1 aromatic rings. The lowest BCUT2D eigenvalue weighted by molar-refractivity contribution is -0.130. The monoisotopic (exact) mass is 308 g/mol. The van der Waals surface area contributed by atoms with E-state index in [1.807, 2.05) is 29.2 Å². The van der Waals surface area contributed by atoms with Crippen LogP contribution in [0.4, 0.5) is 0 Å². The van der Waals surface area contributed by atoms with Crippen molar-refractivity contribution in [3.8, 4) is 5.75 Å². The summed E-state index contributed by atoms with van der Waals surface area (Å²) in [5.74, 6) is 1.98. The van der Waals surface area contributed by atoms with Crippen LogP contribution in [0.2, 0.25) is 0 Å². The second-order valence-corrected chi connectivity index (χ2v) is 6.16. The number of hydrogen-bond acceptors (Lipinski definition) is 4. The lowest BCUT2D eigenvalue weighted by Crippen LogP contribution is -2.33. The lowest BCUT2D eigenvalue weighted by atomic mass is 10.1. The fourth-order valence-corrected chi connectivity index (χ4v) is 3.13. The molecular weight excluding hydrogens is 284 g/mol. The molecule has 1 heterocycles. The van der Waals surface area contributed by atoms with E-state index in [2.05, 4.69) is 18.5 Å². The molecule has 1 fully saturated rings. The summed E-state index contributed by atoms with van der Waals surface area (Å²) < 4.78 is 5.46. The summed E-state index contributed by atoms with van der Waals surface area (Å²) >= 11 is 1.76. The Morgan fingerprint density at radius 2 is 2.14 bits per heavy atom. The Labute approximate surface area is 131 Å². The van der Waals surface area contributed by atoms with Crippen molar-refractivity contribution in [1.29, 1.82) is 0 Å². The minimum absolute atomic E-state index is 0.0771. The van der Waals surface area contributed by atoms with Gasteiger partial charge in [-0.2, -0.15) is 11.8 Å². The van der Waals surface area contributed by atoms with Gasteiger partial charge < -0.3 is 9.64 Å². The molecule has 4 nitrogen and oxygen atoms in total. The summed E-state index contributed by atoms with van der Waals surface area (Å²) in [4.78, 5) is 14.6. The van der Waals surface area contributed by atoms with Crippen LogP contribution < -0.4 is 10.1 Å². The molecule has 1 aliphatic rings. The zero-order chi connectivity index (χ0) is 15.2. The van der Waals surface area contributed by atoms with Crippen molar-refractivity contribution < 1.29 is 9.53 Å². The van der Waals surface area contributed by atoms with Crippen LogP contribution in [0.25, 0.3) is 0 Å². The minimum atomic E-state index is -0.0858. The molecule has 0 bridgehead atoms. The number of carbonyl (C=O) groups is 1. The maximum atomic E-state index is 12.6. The van der Waals surface area contributed by atoms with Crippen LogP contribution in [-0.2, 0) is 4.79 Å². The smallest absolute Gasteiger partial charge is 0.241 e. The number of amides is 1. The Kier molecular flexibility index (Phi) is 5.94.